The van der Waals surface area contributed by atoms with Gasteiger partial charge in [-0.25, -0.2) is 0 Å². The number of aromatic hydroxyl groups is 2. The quantitative estimate of drug-likeness (QED) is 0.199. The van der Waals surface area contributed by atoms with E-state index >= 15 is 0 Å². The molecule has 0 saturated heterocycles. The van der Waals surface area contributed by atoms with Gasteiger partial charge in [-0.2, -0.15) is 23.5 Å². The Bertz CT molecular complexity index is 1460. The third-order valence-electron chi connectivity index (χ3n) is 9.33. The maximum atomic E-state index is 11.6. The average Bonchev–Trinajstić information content (AvgIpc) is 3.01. The highest BCUT2D eigenvalue weighted by Gasteiger charge is 2.27. The molecule has 0 radical (unpaired) electrons. The van der Waals surface area contributed by atoms with Gasteiger partial charge in [0, 0.05) is 44.3 Å². The molecule has 0 amide bonds. The zero-order valence-corrected chi connectivity index (χ0v) is 30.2. The van der Waals surface area contributed by atoms with Crippen molar-refractivity contribution in [2.45, 2.75) is 113 Å². The first-order chi connectivity index (χ1) is 21.9. The number of benzene rings is 4. The molecular formula is C42H52O2S2. The van der Waals surface area contributed by atoms with Gasteiger partial charge in [0.15, 0.2) is 0 Å². The van der Waals surface area contributed by atoms with Gasteiger partial charge in [0.2, 0.25) is 0 Å². The Hall–Kier alpha value is -2.82. The Morgan fingerprint density at radius 3 is 1.26 bits per heavy atom. The summed E-state index contributed by atoms with van der Waals surface area (Å²) in [5.41, 5.74) is 8.52. The zero-order valence-electron chi connectivity index (χ0n) is 28.6. The highest BCUT2D eigenvalue weighted by Crippen LogP contribution is 2.44. The van der Waals surface area contributed by atoms with Gasteiger partial charge in [-0.15, -0.1) is 0 Å². The van der Waals surface area contributed by atoms with E-state index in [1.54, 1.807) is 0 Å². The maximum Gasteiger partial charge on any atom is 0.127 e. The fraction of sp³-hybridized carbons (Fsp3) is 0.429. The van der Waals surface area contributed by atoms with E-state index in [9.17, 15) is 10.2 Å². The van der Waals surface area contributed by atoms with Crippen molar-refractivity contribution in [1.82, 2.24) is 0 Å². The standard InChI is InChI=1S/C42H52O2S2/c1-41(2,3)33-23-31(39(43)35(25-33)29-17-11-9-12-18-29)27-45-37-21-15-7-8-16-22-38(37)46-28-32-24-34(42(4,5)6)26-36(40(32)44)30-19-13-10-14-20-30/h9-14,17-20,23-26,37-38,43-44H,7-8,15-16,21-22,27-28H2,1-6H3/t37-,38?/m0/s1. The van der Waals surface area contributed by atoms with Crippen LogP contribution in [0.1, 0.15) is 102 Å². The molecule has 1 saturated carbocycles. The number of hydrogen-bond acceptors (Lipinski definition) is 4. The van der Waals surface area contributed by atoms with Crippen molar-refractivity contribution in [2.75, 3.05) is 0 Å². The SMILES string of the molecule is CC(C)(C)c1cc(CSC2CCCCCC[C@@H]2SCc2cc(C(C)(C)C)cc(-c3ccccc3)c2O)c(O)c(-c2ccccc2)c1. The zero-order chi connectivity index (χ0) is 32.9. The number of hydrogen-bond donors (Lipinski definition) is 2. The lowest BCUT2D eigenvalue weighted by Crippen LogP contribution is -2.22. The first kappa shape index (κ1) is 34.5. The molecular weight excluding hydrogens is 601 g/mol. The molecule has 0 bridgehead atoms. The van der Waals surface area contributed by atoms with Crippen molar-refractivity contribution >= 4 is 23.5 Å². The minimum Gasteiger partial charge on any atom is -0.507 e. The van der Waals surface area contributed by atoms with Crippen molar-refractivity contribution in [2.24, 2.45) is 0 Å². The van der Waals surface area contributed by atoms with E-state index in [4.69, 9.17) is 0 Å². The summed E-state index contributed by atoms with van der Waals surface area (Å²) in [4.78, 5) is 0. The monoisotopic (exact) mass is 652 g/mol. The molecule has 4 heteroatoms. The predicted octanol–water partition coefficient (Wildman–Crippen LogP) is 12.3. The molecule has 244 valence electrons. The Morgan fingerprint density at radius 2 is 0.913 bits per heavy atom. The van der Waals surface area contributed by atoms with E-state index in [1.165, 1.54) is 49.7 Å². The van der Waals surface area contributed by atoms with Gasteiger partial charge >= 0.3 is 0 Å². The fourth-order valence-electron chi connectivity index (χ4n) is 6.34. The maximum absolute atomic E-state index is 11.6. The Labute approximate surface area is 286 Å². The van der Waals surface area contributed by atoms with Crippen LogP contribution in [-0.2, 0) is 22.3 Å². The third kappa shape index (κ3) is 8.55. The fourth-order valence-corrected chi connectivity index (χ4v) is 9.41. The van der Waals surface area contributed by atoms with E-state index in [0.29, 0.717) is 22.0 Å². The van der Waals surface area contributed by atoms with Crippen LogP contribution < -0.4 is 0 Å². The Morgan fingerprint density at radius 1 is 0.543 bits per heavy atom. The van der Waals surface area contributed by atoms with Crippen LogP contribution in [0.3, 0.4) is 0 Å². The van der Waals surface area contributed by atoms with Crippen molar-refractivity contribution in [1.29, 1.82) is 0 Å². The number of phenolic OH excluding ortho intramolecular Hbond substituents is 2. The molecule has 2 atom stereocenters. The summed E-state index contributed by atoms with van der Waals surface area (Å²) in [7, 11) is 0. The van der Waals surface area contributed by atoms with Crippen molar-refractivity contribution in [3.63, 3.8) is 0 Å². The summed E-state index contributed by atoms with van der Waals surface area (Å²) in [6.07, 6.45) is 7.48. The predicted molar refractivity (Wildman–Crippen MR) is 202 cm³/mol. The van der Waals surface area contributed by atoms with Crippen molar-refractivity contribution < 1.29 is 10.2 Å². The van der Waals surface area contributed by atoms with Crippen molar-refractivity contribution in [3.05, 3.63) is 107 Å². The van der Waals surface area contributed by atoms with Gasteiger partial charge in [0.25, 0.3) is 0 Å². The minimum atomic E-state index is -0.0164. The second kappa shape index (κ2) is 14.9. The van der Waals surface area contributed by atoms with E-state index in [-0.39, 0.29) is 10.8 Å². The van der Waals surface area contributed by atoms with Crippen LogP contribution in [-0.4, -0.2) is 20.7 Å². The summed E-state index contributed by atoms with van der Waals surface area (Å²) >= 11 is 4.04. The topological polar surface area (TPSA) is 40.5 Å². The third-order valence-corrected chi connectivity index (χ3v) is 12.4. The Balaban J connectivity index is 1.41. The van der Waals surface area contributed by atoms with Crippen LogP contribution in [0.4, 0.5) is 0 Å². The summed E-state index contributed by atoms with van der Waals surface area (Å²) in [6, 6.07) is 29.4. The summed E-state index contributed by atoms with van der Waals surface area (Å²) in [5, 5.41) is 24.1. The molecule has 1 aliphatic rings. The lowest BCUT2D eigenvalue weighted by molar-refractivity contribution is 0.470. The molecule has 5 rings (SSSR count). The Kier molecular flexibility index (Phi) is 11.2. The number of thioether (sulfide) groups is 2. The largest absolute Gasteiger partial charge is 0.507 e. The molecule has 0 heterocycles. The molecule has 4 aromatic carbocycles. The number of rotatable bonds is 8. The number of phenols is 2. The lowest BCUT2D eigenvalue weighted by atomic mass is 9.84. The molecule has 2 nitrogen and oxygen atoms in total. The minimum absolute atomic E-state index is 0.0164. The smallest absolute Gasteiger partial charge is 0.127 e. The summed E-state index contributed by atoms with van der Waals surface area (Å²) in [6.45, 7) is 13.5. The lowest BCUT2D eigenvalue weighted by Gasteiger charge is -2.30. The van der Waals surface area contributed by atoms with Crippen LogP contribution in [0.25, 0.3) is 22.3 Å². The molecule has 0 spiro atoms. The van der Waals surface area contributed by atoms with Crippen LogP contribution in [0.15, 0.2) is 84.9 Å². The van der Waals surface area contributed by atoms with Crippen LogP contribution in [0.5, 0.6) is 11.5 Å². The van der Waals surface area contributed by atoms with Crippen LogP contribution in [0.2, 0.25) is 0 Å². The van der Waals surface area contributed by atoms with Crippen molar-refractivity contribution in [3.8, 4) is 33.8 Å². The molecule has 4 aromatic rings. The molecule has 1 aliphatic carbocycles. The first-order valence-corrected chi connectivity index (χ1v) is 19.1. The van der Waals surface area contributed by atoms with E-state index in [0.717, 1.165) is 44.9 Å². The molecule has 1 fully saturated rings. The van der Waals surface area contributed by atoms with Gasteiger partial charge in [-0.1, -0.05) is 140 Å². The highest BCUT2D eigenvalue weighted by molar-refractivity contribution is 8.03. The van der Waals surface area contributed by atoms with Gasteiger partial charge in [0.05, 0.1) is 0 Å². The van der Waals surface area contributed by atoms with Crippen LogP contribution >= 0.6 is 23.5 Å². The molecule has 2 N–H and O–H groups in total. The van der Waals surface area contributed by atoms with Gasteiger partial charge in [-0.3, -0.25) is 0 Å². The van der Waals surface area contributed by atoms with Gasteiger partial charge in [-0.05, 0) is 58.1 Å². The molecule has 46 heavy (non-hydrogen) atoms. The van der Waals surface area contributed by atoms with E-state index in [2.05, 4.69) is 90.1 Å². The summed E-state index contributed by atoms with van der Waals surface area (Å²) < 4.78 is 0. The second-order valence-electron chi connectivity index (χ2n) is 15.0. The van der Waals surface area contributed by atoms with Gasteiger partial charge < -0.3 is 10.2 Å². The molecule has 1 unspecified atom stereocenters. The van der Waals surface area contributed by atoms with E-state index < -0.39 is 0 Å². The average molecular weight is 653 g/mol. The van der Waals surface area contributed by atoms with Crippen LogP contribution in [0, 0.1) is 0 Å². The highest BCUT2D eigenvalue weighted by atomic mass is 32.2. The van der Waals surface area contributed by atoms with Gasteiger partial charge in [0.1, 0.15) is 11.5 Å². The molecule has 0 aliphatic heterocycles. The summed E-state index contributed by atoms with van der Waals surface area (Å²) in [5.74, 6) is 2.42. The normalized spacial score (nSPS) is 17.8. The van der Waals surface area contributed by atoms with E-state index in [1.807, 2.05) is 59.9 Å². The first-order valence-electron chi connectivity index (χ1n) is 17.0. The second-order valence-corrected chi connectivity index (χ2v) is 17.4. The molecule has 0 aromatic heterocycles.